The summed E-state index contributed by atoms with van der Waals surface area (Å²) in [4.78, 5) is 23.6. The first kappa shape index (κ1) is 18.0. The minimum Gasteiger partial charge on any atom is -0.354 e. The van der Waals surface area contributed by atoms with Crippen molar-refractivity contribution < 1.29 is 18.0 Å². The van der Waals surface area contributed by atoms with Gasteiger partial charge in [0.1, 0.15) is 10.6 Å². The molecule has 1 aliphatic carbocycles. The molecule has 0 unspecified atom stereocenters. The number of carbonyl (C=O) groups excluding carboxylic acids is 2. The van der Waals surface area contributed by atoms with Gasteiger partial charge in [-0.15, -0.1) is 0 Å². The van der Waals surface area contributed by atoms with Gasteiger partial charge in [-0.1, -0.05) is 6.07 Å². The quantitative estimate of drug-likeness (QED) is 0.710. The molecular formula is C17H20N4O4S. The van der Waals surface area contributed by atoms with Crippen molar-refractivity contribution in [3.63, 3.8) is 0 Å². The first-order chi connectivity index (χ1) is 12.3. The Labute approximate surface area is 151 Å². The van der Waals surface area contributed by atoms with Crippen LogP contribution in [0.5, 0.6) is 0 Å². The van der Waals surface area contributed by atoms with Crippen LogP contribution < -0.4 is 15.4 Å². The number of benzene rings is 1. The van der Waals surface area contributed by atoms with Crippen molar-refractivity contribution in [1.29, 1.82) is 0 Å². The van der Waals surface area contributed by atoms with Gasteiger partial charge in [0.15, 0.2) is 0 Å². The fraction of sp³-hybridized carbons (Fsp3) is 0.294. The Balaban J connectivity index is 1.79. The topological polar surface area (TPSA) is 109 Å². The Morgan fingerprint density at radius 3 is 2.50 bits per heavy atom. The zero-order valence-electron chi connectivity index (χ0n) is 14.4. The normalized spacial score (nSPS) is 13.9. The van der Waals surface area contributed by atoms with E-state index in [9.17, 15) is 18.0 Å². The monoisotopic (exact) mass is 376 g/mol. The molecule has 2 amide bonds. The van der Waals surface area contributed by atoms with Crippen molar-refractivity contribution in [2.24, 2.45) is 13.0 Å². The van der Waals surface area contributed by atoms with E-state index in [2.05, 4.69) is 15.4 Å². The van der Waals surface area contributed by atoms with Crippen molar-refractivity contribution in [3.05, 3.63) is 42.2 Å². The third kappa shape index (κ3) is 3.88. The van der Waals surface area contributed by atoms with E-state index in [1.165, 1.54) is 23.9 Å². The van der Waals surface area contributed by atoms with Gasteiger partial charge in [0, 0.05) is 31.9 Å². The number of nitrogens with one attached hydrogen (secondary N) is 3. The molecule has 0 spiro atoms. The highest BCUT2D eigenvalue weighted by Gasteiger charge is 2.29. The van der Waals surface area contributed by atoms with Crippen LogP contribution in [0, 0.1) is 5.92 Å². The lowest BCUT2D eigenvalue weighted by Crippen LogP contribution is -2.20. The maximum atomic E-state index is 12.6. The first-order valence-electron chi connectivity index (χ1n) is 8.12. The standard InChI is InChI=1S/C17H20N4O4S/c1-18-17(23)15-9-14(10-21(15)2)26(24,25)20-13-5-3-4-12(8-13)19-16(22)11-6-7-11/h3-5,8-11,20H,6-7H2,1-2H3,(H,18,23)(H,19,22). The molecule has 0 aliphatic heterocycles. The lowest BCUT2D eigenvalue weighted by molar-refractivity contribution is -0.117. The summed E-state index contributed by atoms with van der Waals surface area (Å²) in [7, 11) is -0.799. The summed E-state index contributed by atoms with van der Waals surface area (Å²) in [6, 6.07) is 7.80. The highest BCUT2D eigenvalue weighted by atomic mass is 32.2. The van der Waals surface area contributed by atoms with E-state index in [1.54, 1.807) is 31.3 Å². The molecule has 0 saturated heterocycles. The molecule has 1 fully saturated rings. The fourth-order valence-electron chi connectivity index (χ4n) is 2.50. The van der Waals surface area contributed by atoms with Gasteiger partial charge in [0.25, 0.3) is 15.9 Å². The Kier molecular flexibility index (Phi) is 4.73. The zero-order valence-corrected chi connectivity index (χ0v) is 15.3. The smallest absolute Gasteiger partial charge is 0.267 e. The van der Waals surface area contributed by atoms with Crippen LogP contribution >= 0.6 is 0 Å². The maximum absolute atomic E-state index is 12.6. The molecule has 1 aromatic heterocycles. The molecule has 8 nitrogen and oxygen atoms in total. The largest absolute Gasteiger partial charge is 0.354 e. The molecule has 1 aliphatic rings. The molecule has 3 rings (SSSR count). The number of amides is 2. The minimum atomic E-state index is -3.87. The summed E-state index contributed by atoms with van der Waals surface area (Å²) in [5.41, 5.74) is 1.09. The highest BCUT2D eigenvalue weighted by Crippen LogP contribution is 2.30. The van der Waals surface area contributed by atoms with Crippen LogP contribution in [0.3, 0.4) is 0 Å². The average molecular weight is 376 g/mol. The molecule has 1 saturated carbocycles. The second-order valence-electron chi connectivity index (χ2n) is 6.20. The molecule has 0 atom stereocenters. The molecule has 1 aromatic carbocycles. The third-order valence-electron chi connectivity index (χ3n) is 4.08. The van der Waals surface area contributed by atoms with Gasteiger partial charge in [0.2, 0.25) is 5.91 Å². The number of carbonyl (C=O) groups is 2. The van der Waals surface area contributed by atoms with Crippen LogP contribution in [0.25, 0.3) is 0 Å². The first-order valence-corrected chi connectivity index (χ1v) is 9.60. The molecule has 138 valence electrons. The average Bonchev–Trinajstić information content (AvgIpc) is 3.36. The van der Waals surface area contributed by atoms with E-state index >= 15 is 0 Å². The van der Waals surface area contributed by atoms with Crippen molar-refractivity contribution in [1.82, 2.24) is 9.88 Å². The summed E-state index contributed by atoms with van der Waals surface area (Å²) in [5, 5.41) is 5.24. The van der Waals surface area contributed by atoms with Crippen molar-refractivity contribution in [2.45, 2.75) is 17.7 Å². The molecule has 2 aromatic rings. The van der Waals surface area contributed by atoms with Crippen LogP contribution in [0.1, 0.15) is 23.3 Å². The third-order valence-corrected chi connectivity index (χ3v) is 5.43. The van der Waals surface area contributed by atoms with Gasteiger partial charge in [-0.3, -0.25) is 14.3 Å². The highest BCUT2D eigenvalue weighted by molar-refractivity contribution is 7.92. The van der Waals surface area contributed by atoms with Gasteiger partial charge < -0.3 is 15.2 Å². The van der Waals surface area contributed by atoms with Crippen LogP contribution in [0.2, 0.25) is 0 Å². The molecule has 26 heavy (non-hydrogen) atoms. The number of aryl methyl sites for hydroxylation is 1. The number of aromatic nitrogens is 1. The summed E-state index contributed by atoms with van der Waals surface area (Å²) < 4.78 is 29.1. The van der Waals surface area contributed by atoms with Gasteiger partial charge in [-0.25, -0.2) is 8.42 Å². The minimum absolute atomic E-state index is 0.0222. The maximum Gasteiger partial charge on any atom is 0.267 e. The Morgan fingerprint density at radius 2 is 1.85 bits per heavy atom. The molecular weight excluding hydrogens is 356 g/mol. The summed E-state index contributed by atoms with van der Waals surface area (Å²) in [6.07, 6.45) is 3.14. The number of sulfonamides is 1. The van der Waals surface area contributed by atoms with Crippen LogP contribution in [0.15, 0.2) is 41.4 Å². The SMILES string of the molecule is CNC(=O)c1cc(S(=O)(=O)Nc2cccc(NC(=O)C3CC3)c2)cn1C. The molecule has 9 heteroatoms. The number of nitrogens with zero attached hydrogens (tertiary/aromatic N) is 1. The Bertz CT molecular complexity index is 961. The Morgan fingerprint density at radius 1 is 1.15 bits per heavy atom. The number of rotatable bonds is 6. The van der Waals surface area contributed by atoms with E-state index < -0.39 is 10.0 Å². The van der Waals surface area contributed by atoms with Crippen LogP contribution in [0.4, 0.5) is 11.4 Å². The lowest BCUT2D eigenvalue weighted by atomic mass is 10.2. The van der Waals surface area contributed by atoms with Crippen molar-refractivity contribution >= 4 is 33.2 Å². The molecule has 0 bridgehead atoms. The lowest BCUT2D eigenvalue weighted by Gasteiger charge is -2.09. The fourth-order valence-corrected chi connectivity index (χ4v) is 3.62. The summed E-state index contributed by atoms with van der Waals surface area (Å²) in [5.74, 6) is -0.371. The Hall–Kier alpha value is -2.81. The zero-order chi connectivity index (χ0) is 18.9. The van der Waals surface area contributed by atoms with Gasteiger partial charge in [-0.05, 0) is 37.1 Å². The van der Waals surface area contributed by atoms with E-state index in [0.717, 1.165) is 12.8 Å². The summed E-state index contributed by atoms with van der Waals surface area (Å²) in [6.45, 7) is 0. The van der Waals surface area contributed by atoms with E-state index in [-0.39, 0.29) is 28.3 Å². The van der Waals surface area contributed by atoms with E-state index in [4.69, 9.17) is 0 Å². The predicted molar refractivity (Wildman–Crippen MR) is 97.4 cm³/mol. The van der Waals surface area contributed by atoms with Gasteiger partial charge in [-0.2, -0.15) is 0 Å². The second-order valence-corrected chi connectivity index (χ2v) is 7.88. The van der Waals surface area contributed by atoms with Gasteiger partial charge in [0.05, 0.1) is 5.69 Å². The number of hydrogen-bond donors (Lipinski definition) is 3. The molecule has 0 radical (unpaired) electrons. The van der Waals surface area contributed by atoms with Crippen LogP contribution in [-0.4, -0.2) is 31.8 Å². The predicted octanol–water partition coefficient (Wildman–Crippen LogP) is 1.53. The van der Waals surface area contributed by atoms with E-state index in [1.807, 2.05) is 0 Å². The number of anilines is 2. The summed E-state index contributed by atoms with van der Waals surface area (Å²) >= 11 is 0. The second kappa shape index (κ2) is 6.83. The molecule has 3 N–H and O–H groups in total. The molecule has 1 heterocycles. The van der Waals surface area contributed by atoms with Gasteiger partial charge >= 0.3 is 0 Å². The van der Waals surface area contributed by atoms with Crippen molar-refractivity contribution in [2.75, 3.05) is 17.1 Å². The number of hydrogen-bond acceptors (Lipinski definition) is 4. The van der Waals surface area contributed by atoms with Crippen LogP contribution in [-0.2, 0) is 21.9 Å². The van der Waals surface area contributed by atoms with Crippen molar-refractivity contribution in [3.8, 4) is 0 Å². The van der Waals surface area contributed by atoms with E-state index in [0.29, 0.717) is 11.4 Å².